The fraction of sp³-hybridized carbons (Fsp3) is 0. The standard InChI is InChI=1S/C21H14FN5O3/c22-17-12-11-16(27(29)30)13-18(17)23-21(28)19-24-20(14-7-3-1-4-8-14)26(25-19)15-9-5-2-6-10-15/h1-13H,(H,23,28). The number of aromatic nitrogens is 3. The largest absolute Gasteiger partial charge is 0.316 e. The predicted molar refractivity (Wildman–Crippen MR) is 108 cm³/mol. The van der Waals surface area contributed by atoms with E-state index in [1.54, 1.807) is 0 Å². The molecule has 0 saturated heterocycles. The van der Waals surface area contributed by atoms with E-state index in [0.717, 1.165) is 23.8 Å². The average molecular weight is 403 g/mol. The molecular formula is C21H14FN5O3. The van der Waals surface area contributed by atoms with E-state index in [-0.39, 0.29) is 17.2 Å². The number of anilines is 1. The third kappa shape index (κ3) is 3.76. The molecule has 0 aliphatic heterocycles. The van der Waals surface area contributed by atoms with Crippen molar-refractivity contribution in [2.75, 3.05) is 5.32 Å². The summed E-state index contributed by atoms with van der Waals surface area (Å²) in [5.74, 6) is -1.38. The number of benzene rings is 3. The highest BCUT2D eigenvalue weighted by atomic mass is 19.1. The number of nitro groups is 1. The molecule has 4 aromatic rings. The Bertz CT molecular complexity index is 1170. The molecule has 0 saturated carbocycles. The molecule has 0 unspecified atom stereocenters. The number of nitrogens with one attached hydrogen (secondary N) is 1. The molecule has 3 aromatic carbocycles. The molecule has 148 valence electrons. The Hall–Kier alpha value is -4.40. The summed E-state index contributed by atoms with van der Waals surface area (Å²) >= 11 is 0. The van der Waals surface area contributed by atoms with E-state index < -0.39 is 16.6 Å². The third-order valence-corrected chi connectivity index (χ3v) is 4.25. The van der Waals surface area contributed by atoms with Gasteiger partial charge < -0.3 is 5.32 Å². The molecule has 0 spiro atoms. The number of hydrogen-bond donors (Lipinski definition) is 1. The highest BCUT2D eigenvalue weighted by Crippen LogP contribution is 2.24. The van der Waals surface area contributed by atoms with E-state index in [2.05, 4.69) is 15.4 Å². The van der Waals surface area contributed by atoms with Gasteiger partial charge >= 0.3 is 0 Å². The molecule has 9 heteroatoms. The van der Waals surface area contributed by atoms with Gasteiger partial charge in [-0.05, 0) is 18.2 Å². The fourth-order valence-electron chi connectivity index (χ4n) is 2.83. The van der Waals surface area contributed by atoms with Gasteiger partial charge in [0.2, 0.25) is 5.82 Å². The van der Waals surface area contributed by atoms with E-state index in [1.807, 2.05) is 60.7 Å². The summed E-state index contributed by atoms with van der Waals surface area (Å²) in [6.07, 6.45) is 0. The minimum atomic E-state index is -0.806. The van der Waals surface area contributed by atoms with E-state index in [1.165, 1.54) is 4.68 Å². The van der Waals surface area contributed by atoms with Crippen molar-refractivity contribution >= 4 is 17.3 Å². The summed E-state index contributed by atoms with van der Waals surface area (Å²) < 4.78 is 15.5. The lowest BCUT2D eigenvalue weighted by Gasteiger charge is -2.05. The first-order chi connectivity index (χ1) is 14.5. The second-order valence-electron chi connectivity index (χ2n) is 6.25. The molecular weight excluding hydrogens is 389 g/mol. The second-order valence-corrected chi connectivity index (χ2v) is 6.25. The van der Waals surface area contributed by atoms with Crippen molar-refractivity contribution in [3.8, 4) is 17.1 Å². The van der Waals surface area contributed by atoms with Crippen molar-refractivity contribution in [1.82, 2.24) is 14.8 Å². The molecule has 0 aliphatic rings. The normalized spacial score (nSPS) is 10.6. The molecule has 0 radical (unpaired) electrons. The van der Waals surface area contributed by atoms with E-state index >= 15 is 0 Å². The van der Waals surface area contributed by atoms with Crippen molar-refractivity contribution in [2.45, 2.75) is 0 Å². The molecule has 30 heavy (non-hydrogen) atoms. The maximum absolute atomic E-state index is 14.0. The Morgan fingerprint density at radius 1 is 1.00 bits per heavy atom. The second kappa shape index (κ2) is 7.92. The van der Waals surface area contributed by atoms with E-state index in [4.69, 9.17) is 0 Å². The smallest absolute Gasteiger partial charge is 0.295 e. The summed E-state index contributed by atoms with van der Waals surface area (Å²) in [5, 5.41) is 17.5. The molecule has 0 aliphatic carbocycles. The van der Waals surface area contributed by atoms with Gasteiger partial charge in [-0.2, -0.15) is 0 Å². The maximum atomic E-state index is 14.0. The average Bonchev–Trinajstić information content (AvgIpc) is 3.22. The van der Waals surface area contributed by atoms with Crippen LogP contribution in [0.2, 0.25) is 0 Å². The SMILES string of the molecule is O=C(Nc1cc([N+](=O)[O-])ccc1F)c1nc(-c2ccccc2)n(-c2ccccc2)n1. The van der Waals surface area contributed by atoms with Crippen LogP contribution in [0.5, 0.6) is 0 Å². The molecule has 1 heterocycles. The molecule has 4 rings (SSSR count). The topological polar surface area (TPSA) is 103 Å². The van der Waals surface area contributed by atoms with Crippen LogP contribution in [0, 0.1) is 15.9 Å². The molecule has 0 fully saturated rings. The Kier molecular flexibility index (Phi) is 5.00. The van der Waals surface area contributed by atoms with Crippen LogP contribution in [0.1, 0.15) is 10.6 Å². The summed E-state index contributed by atoms with van der Waals surface area (Å²) in [4.78, 5) is 27.3. The summed E-state index contributed by atoms with van der Waals surface area (Å²) in [6.45, 7) is 0. The predicted octanol–water partition coefficient (Wildman–Crippen LogP) is 4.23. The zero-order chi connectivity index (χ0) is 21.1. The number of carbonyl (C=O) groups is 1. The van der Waals surface area contributed by atoms with Crippen molar-refractivity contribution in [2.24, 2.45) is 0 Å². The van der Waals surface area contributed by atoms with Crippen molar-refractivity contribution in [1.29, 1.82) is 0 Å². The van der Waals surface area contributed by atoms with Gasteiger partial charge in [-0.15, -0.1) is 5.10 Å². The van der Waals surface area contributed by atoms with Crippen LogP contribution in [0.3, 0.4) is 0 Å². The first kappa shape index (κ1) is 18.9. The Morgan fingerprint density at radius 3 is 2.33 bits per heavy atom. The lowest BCUT2D eigenvalue weighted by atomic mass is 10.2. The number of para-hydroxylation sites is 1. The van der Waals surface area contributed by atoms with Gasteiger partial charge in [-0.25, -0.2) is 14.1 Å². The number of halogens is 1. The van der Waals surface area contributed by atoms with Crippen LogP contribution < -0.4 is 5.32 Å². The van der Waals surface area contributed by atoms with Crippen LogP contribution in [-0.4, -0.2) is 25.6 Å². The minimum Gasteiger partial charge on any atom is -0.316 e. The van der Waals surface area contributed by atoms with E-state index in [9.17, 15) is 19.3 Å². The summed E-state index contributed by atoms with van der Waals surface area (Å²) in [6, 6.07) is 21.2. The Labute approximate surface area is 169 Å². The summed E-state index contributed by atoms with van der Waals surface area (Å²) in [5.41, 5.74) is 0.741. The van der Waals surface area contributed by atoms with Crippen molar-refractivity contribution < 1.29 is 14.1 Å². The highest BCUT2D eigenvalue weighted by Gasteiger charge is 2.21. The quantitative estimate of drug-likeness (QED) is 0.397. The molecule has 8 nitrogen and oxygen atoms in total. The molecule has 0 bridgehead atoms. The van der Waals surface area contributed by atoms with Crippen LogP contribution in [-0.2, 0) is 0 Å². The molecule has 0 atom stereocenters. The first-order valence-electron chi connectivity index (χ1n) is 8.86. The first-order valence-corrected chi connectivity index (χ1v) is 8.86. The van der Waals surface area contributed by atoms with Crippen LogP contribution in [0.25, 0.3) is 17.1 Å². The third-order valence-electron chi connectivity index (χ3n) is 4.25. The van der Waals surface area contributed by atoms with Crippen molar-refractivity contribution in [3.63, 3.8) is 0 Å². The summed E-state index contributed by atoms with van der Waals surface area (Å²) in [7, 11) is 0. The fourth-order valence-corrected chi connectivity index (χ4v) is 2.83. The number of hydrogen-bond acceptors (Lipinski definition) is 5. The van der Waals surface area contributed by atoms with Gasteiger partial charge in [0.25, 0.3) is 11.6 Å². The zero-order valence-corrected chi connectivity index (χ0v) is 15.4. The number of carbonyl (C=O) groups excluding carboxylic acids is 1. The van der Waals surface area contributed by atoms with Gasteiger partial charge in [-0.3, -0.25) is 14.9 Å². The highest BCUT2D eigenvalue weighted by molar-refractivity contribution is 6.02. The molecule has 1 aromatic heterocycles. The Morgan fingerprint density at radius 2 is 1.67 bits per heavy atom. The molecule has 1 N–H and O–H groups in total. The Balaban J connectivity index is 1.73. The maximum Gasteiger partial charge on any atom is 0.295 e. The number of nitro benzene ring substituents is 1. The minimum absolute atomic E-state index is 0.205. The number of amides is 1. The lowest BCUT2D eigenvalue weighted by Crippen LogP contribution is -2.15. The van der Waals surface area contributed by atoms with Crippen LogP contribution in [0.4, 0.5) is 15.8 Å². The number of non-ortho nitro benzene ring substituents is 1. The number of nitrogens with zero attached hydrogens (tertiary/aromatic N) is 4. The molecule has 1 amide bonds. The monoisotopic (exact) mass is 403 g/mol. The van der Waals surface area contributed by atoms with Gasteiger partial charge in [0.1, 0.15) is 5.82 Å². The number of rotatable bonds is 5. The van der Waals surface area contributed by atoms with Crippen molar-refractivity contribution in [3.05, 3.63) is 101 Å². The van der Waals surface area contributed by atoms with Crippen LogP contribution in [0.15, 0.2) is 78.9 Å². The van der Waals surface area contributed by atoms with Gasteiger partial charge in [-0.1, -0.05) is 48.5 Å². The van der Waals surface area contributed by atoms with Gasteiger partial charge in [0, 0.05) is 17.7 Å². The zero-order valence-electron chi connectivity index (χ0n) is 15.4. The van der Waals surface area contributed by atoms with E-state index in [0.29, 0.717) is 11.5 Å². The van der Waals surface area contributed by atoms with Crippen LogP contribution >= 0.6 is 0 Å². The lowest BCUT2D eigenvalue weighted by molar-refractivity contribution is -0.384. The van der Waals surface area contributed by atoms with Gasteiger partial charge in [0.15, 0.2) is 5.82 Å². The van der Waals surface area contributed by atoms with Gasteiger partial charge in [0.05, 0.1) is 16.3 Å².